The molecule has 11 heteroatoms. The molecule has 0 aliphatic carbocycles. The van der Waals surface area contributed by atoms with Crippen LogP contribution >= 0.6 is 11.3 Å². The zero-order valence-electron chi connectivity index (χ0n) is 16.4. The number of nitrogens with one attached hydrogen (secondary N) is 1. The van der Waals surface area contributed by atoms with Gasteiger partial charge in [0.25, 0.3) is 0 Å². The van der Waals surface area contributed by atoms with E-state index in [4.69, 9.17) is 4.74 Å². The number of aromatic nitrogens is 3. The van der Waals surface area contributed by atoms with Crippen LogP contribution in [0.1, 0.15) is 22.4 Å². The van der Waals surface area contributed by atoms with Gasteiger partial charge in [-0.05, 0) is 49.7 Å². The molecule has 2 aromatic heterocycles. The Kier molecular flexibility index (Phi) is 5.78. The van der Waals surface area contributed by atoms with E-state index < -0.39 is 21.9 Å². The van der Waals surface area contributed by atoms with E-state index in [1.165, 1.54) is 27.8 Å². The third kappa shape index (κ3) is 4.33. The molecule has 1 atom stereocenters. The van der Waals surface area contributed by atoms with E-state index in [-0.39, 0.29) is 24.6 Å². The smallest absolute Gasteiger partial charge is 0.243 e. The van der Waals surface area contributed by atoms with Gasteiger partial charge < -0.3 is 10.1 Å². The van der Waals surface area contributed by atoms with Gasteiger partial charge in [0.2, 0.25) is 15.2 Å². The molecule has 1 fully saturated rings. The van der Waals surface area contributed by atoms with Crippen LogP contribution in [0.5, 0.6) is 0 Å². The highest BCUT2D eigenvalue weighted by molar-refractivity contribution is 7.89. The number of anilines is 2. The number of aryl methyl sites for hydroxylation is 2. The van der Waals surface area contributed by atoms with Gasteiger partial charge in [0.1, 0.15) is 22.7 Å². The molecule has 0 bridgehead atoms. The zero-order valence-corrected chi connectivity index (χ0v) is 18.0. The van der Waals surface area contributed by atoms with Gasteiger partial charge in [0.05, 0.1) is 17.2 Å². The Morgan fingerprint density at radius 3 is 2.80 bits per heavy atom. The highest BCUT2D eigenvalue weighted by atomic mass is 32.2. The van der Waals surface area contributed by atoms with Crippen molar-refractivity contribution in [3.8, 4) is 0 Å². The van der Waals surface area contributed by atoms with E-state index in [0.29, 0.717) is 22.2 Å². The monoisotopic (exact) mass is 449 g/mol. The standard InChI is InChI=1S/C19H20FN5O3S2/c1-12-10-14(20)6-7-17(12)30(26,27)25-8-9-28-16(11-25)15-4-3-5-18(21-15)22-19-24-23-13(2)29-19/h3-7,10,16H,8-9,11H2,1-2H3,(H,21,22,24). The lowest BCUT2D eigenvalue weighted by Gasteiger charge is -2.32. The fraction of sp³-hybridized carbons (Fsp3) is 0.316. The number of halogens is 1. The van der Waals surface area contributed by atoms with Crippen molar-refractivity contribution in [2.45, 2.75) is 24.8 Å². The summed E-state index contributed by atoms with van der Waals surface area (Å²) in [7, 11) is -3.78. The van der Waals surface area contributed by atoms with Crippen molar-refractivity contribution in [3.05, 3.63) is 58.5 Å². The molecule has 1 aliphatic heterocycles. The van der Waals surface area contributed by atoms with E-state index in [0.717, 1.165) is 11.1 Å². The summed E-state index contributed by atoms with van der Waals surface area (Å²) in [4.78, 5) is 4.65. The van der Waals surface area contributed by atoms with Gasteiger partial charge in [-0.15, -0.1) is 10.2 Å². The maximum atomic E-state index is 13.4. The van der Waals surface area contributed by atoms with Crippen LogP contribution in [-0.4, -0.2) is 47.6 Å². The number of hydrogen-bond donors (Lipinski definition) is 1. The maximum absolute atomic E-state index is 13.4. The molecule has 0 saturated carbocycles. The third-order valence-corrected chi connectivity index (χ3v) is 7.43. The lowest BCUT2D eigenvalue weighted by Crippen LogP contribution is -2.42. The molecule has 30 heavy (non-hydrogen) atoms. The first-order valence-electron chi connectivity index (χ1n) is 9.25. The number of pyridine rings is 1. The molecule has 1 aromatic carbocycles. The molecular formula is C19H20FN5O3S2. The third-order valence-electron chi connectivity index (χ3n) is 4.65. The summed E-state index contributed by atoms with van der Waals surface area (Å²) in [6.07, 6.45) is -0.521. The molecule has 0 radical (unpaired) electrons. The summed E-state index contributed by atoms with van der Waals surface area (Å²) in [5, 5.41) is 12.5. The van der Waals surface area contributed by atoms with Crippen molar-refractivity contribution in [1.29, 1.82) is 0 Å². The summed E-state index contributed by atoms with van der Waals surface area (Å²) in [6.45, 7) is 4.02. The first-order valence-corrected chi connectivity index (χ1v) is 11.5. The van der Waals surface area contributed by atoms with Gasteiger partial charge in [-0.3, -0.25) is 0 Å². The van der Waals surface area contributed by atoms with Crippen molar-refractivity contribution in [1.82, 2.24) is 19.5 Å². The Labute approximate surface area is 177 Å². The Bertz CT molecular complexity index is 1170. The Balaban J connectivity index is 1.54. The Morgan fingerprint density at radius 2 is 2.07 bits per heavy atom. The SMILES string of the molecule is Cc1nnc(Nc2cccc(C3CN(S(=O)(=O)c4ccc(F)cc4C)CCO3)n2)s1. The lowest BCUT2D eigenvalue weighted by atomic mass is 10.2. The number of hydrogen-bond acceptors (Lipinski definition) is 8. The molecular weight excluding hydrogens is 429 g/mol. The average molecular weight is 450 g/mol. The van der Waals surface area contributed by atoms with Crippen LogP contribution in [-0.2, 0) is 14.8 Å². The van der Waals surface area contributed by atoms with Crippen LogP contribution in [0, 0.1) is 19.7 Å². The van der Waals surface area contributed by atoms with E-state index in [2.05, 4.69) is 20.5 Å². The Hall–Kier alpha value is -2.47. The largest absolute Gasteiger partial charge is 0.369 e. The minimum Gasteiger partial charge on any atom is -0.369 e. The van der Waals surface area contributed by atoms with Gasteiger partial charge >= 0.3 is 0 Å². The zero-order chi connectivity index (χ0) is 21.3. The maximum Gasteiger partial charge on any atom is 0.243 e. The van der Waals surface area contributed by atoms with E-state index in [1.807, 2.05) is 13.0 Å². The molecule has 4 rings (SSSR count). The first-order chi connectivity index (χ1) is 14.3. The summed E-state index contributed by atoms with van der Waals surface area (Å²) < 4.78 is 46.8. The van der Waals surface area contributed by atoms with Crippen molar-refractivity contribution >= 4 is 32.3 Å². The highest BCUT2D eigenvalue weighted by Gasteiger charge is 2.33. The van der Waals surface area contributed by atoms with Crippen molar-refractivity contribution in [2.75, 3.05) is 25.0 Å². The number of benzene rings is 1. The Morgan fingerprint density at radius 1 is 1.23 bits per heavy atom. The number of nitrogens with zero attached hydrogens (tertiary/aromatic N) is 4. The van der Waals surface area contributed by atoms with E-state index in [9.17, 15) is 12.8 Å². The predicted molar refractivity (Wildman–Crippen MR) is 111 cm³/mol. The fourth-order valence-electron chi connectivity index (χ4n) is 3.22. The molecule has 3 aromatic rings. The first kappa shape index (κ1) is 20.8. The summed E-state index contributed by atoms with van der Waals surface area (Å²) in [6, 6.07) is 9.08. The van der Waals surface area contributed by atoms with Gasteiger partial charge in [-0.2, -0.15) is 4.31 Å². The molecule has 158 valence electrons. The summed E-state index contributed by atoms with van der Waals surface area (Å²) in [5.74, 6) is 0.104. The van der Waals surface area contributed by atoms with Gasteiger partial charge in [-0.25, -0.2) is 17.8 Å². The van der Waals surface area contributed by atoms with Gasteiger partial charge in [-0.1, -0.05) is 17.4 Å². The van der Waals surface area contributed by atoms with Crippen molar-refractivity contribution in [3.63, 3.8) is 0 Å². The normalized spacial score (nSPS) is 17.8. The lowest BCUT2D eigenvalue weighted by molar-refractivity contribution is -0.00487. The minimum absolute atomic E-state index is 0.0968. The molecule has 0 spiro atoms. The second-order valence-electron chi connectivity index (χ2n) is 6.83. The molecule has 3 heterocycles. The summed E-state index contributed by atoms with van der Waals surface area (Å²) >= 11 is 1.41. The van der Waals surface area contributed by atoms with Crippen molar-refractivity contribution < 1.29 is 17.5 Å². The minimum atomic E-state index is -3.78. The fourth-order valence-corrected chi connectivity index (χ4v) is 5.45. The van der Waals surface area contributed by atoms with Crippen LogP contribution < -0.4 is 5.32 Å². The quantitative estimate of drug-likeness (QED) is 0.639. The van der Waals surface area contributed by atoms with Crippen LogP contribution in [0.15, 0.2) is 41.3 Å². The second-order valence-corrected chi connectivity index (χ2v) is 9.92. The van der Waals surface area contributed by atoms with Gasteiger partial charge in [0.15, 0.2) is 0 Å². The topological polar surface area (TPSA) is 97.3 Å². The number of morpholine rings is 1. The average Bonchev–Trinajstić information content (AvgIpc) is 3.12. The van der Waals surface area contributed by atoms with E-state index >= 15 is 0 Å². The second kappa shape index (κ2) is 8.34. The highest BCUT2D eigenvalue weighted by Crippen LogP contribution is 2.28. The molecule has 0 amide bonds. The number of ether oxygens (including phenoxy) is 1. The molecule has 1 N–H and O–H groups in total. The molecule has 1 unspecified atom stereocenters. The van der Waals surface area contributed by atoms with Crippen LogP contribution in [0.4, 0.5) is 15.3 Å². The molecule has 1 saturated heterocycles. The van der Waals surface area contributed by atoms with E-state index in [1.54, 1.807) is 19.1 Å². The van der Waals surface area contributed by atoms with Crippen LogP contribution in [0.25, 0.3) is 0 Å². The van der Waals surface area contributed by atoms with Crippen LogP contribution in [0.3, 0.4) is 0 Å². The molecule has 1 aliphatic rings. The predicted octanol–water partition coefficient (Wildman–Crippen LogP) is 3.19. The van der Waals surface area contributed by atoms with Gasteiger partial charge in [0, 0.05) is 13.1 Å². The number of sulfonamides is 1. The van der Waals surface area contributed by atoms with Crippen molar-refractivity contribution in [2.24, 2.45) is 0 Å². The molecule has 8 nitrogen and oxygen atoms in total. The van der Waals surface area contributed by atoms with Crippen LogP contribution in [0.2, 0.25) is 0 Å². The summed E-state index contributed by atoms with van der Waals surface area (Å²) in [5.41, 5.74) is 0.978. The number of rotatable bonds is 5.